The second-order valence-electron chi connectivity index (χ2n) is 5.24. The van der Waals surface area contributed by atoms with E-state index in [1.165, 1.54) is 0 Å². The minimum absolute atomic E-state index is 0.0434. The zero-order chi connectivity index (χ0) is 13.5. The molecule has 1 aliphatic heterocycles. The summed E-state index contributed by atoms with van der Waals surface area (Å²) in [5.41, 5.74) is -3.43. The zero-order valence-electron chi connectivity index (χ0n) is 10.3. The number of carbonyl (C=O) groups excluding carboxylic acids is 1. The molecule has 1 aliphatic rings. The molecule has 0 aromatic carbocycles. The molecule has 1 N–H and O–H groups in total. The van der Waals surface area contributed by atoms with Gasteiger partial charge in [-0.3, -0.25) is 4.79 Å². The molecule has 1 unspecified atom stereocenters. The third kappa shape index (κ3) is 2.56. The van der Waals surface area contributed by atoms with Gasteiger partial charge in [0.1, 0.15) is 0 Å². The SMILES string of the molecule is CCC(C)(C)C(=O)N1CCC(O)(C(F)(F)F)C1. The first-order chi connectivity index (χ1) is 7.53. The van der Waals surface area contributed by atoms with Gasteiger partial charge in [0.25, 0.3) is 0 Å². The third-order valence-corrected chi connectivity index (χ3v) is 3.53. The highest BCUT2D eigenvalue weighted by Crippen LogP contribution is 2.39. The highest BCUT2D eigenvalue weighted by atomic mass is 19.4. The summed E-state index contributed by atoms with van der Waals surface area (Å²) >= 11 is 0. The molecule has 1 heterocycles. The summed E-state index contributed by atoms with van der Waals surface area (Å²) in [5, 5.41) is 9.47. The van der Waals surface area contributed by atoms with Crippen LogP contribution in [0.5, 0.6) is 0 Å². The highest BCUT2D eigenvalue weighted by Gasteiger charge is 2.58. The topological polar surface area (TPSA) is 40.5 Å². The second-order valence-corrected chi connectivity index (χ2v) is 5.24. The van der Waals surface area contributed by atoms with Crippen molar-refractivity contribution in [1.82, 2.24) is 4.90 Å². The molecule has 1 atom stereocenters. The van der Waals surface area contributed by atoms with Crippen LogP contribution in [-0.2, 0) is 4.79 Å². The molecule has 0 saturated carbocycles. The number of hydrogen-bond donors (Lipinski definition) is 1. The van der Waals surface area contributed by atoms with Gasteiger partial charge in [0.15, 0.2) is 5.60 Å². The van der Waals surface area contributed by atoms with Crippen molar-refractivity contribution in [3.05, 3.63) is 0 Å². The second kappa shape index (κ2) is 4.15. The van der Waals surface area contributed by atoms with Crippen LogP contribution in [-0.4, -0.2) is 40.8 Å². The first kappa shape index (κ1) is 14.3. The number of amides is 1. The fourth-order valence-corrected chi connectivity index (χ4v) is 1.78. The summed E-state index contributed by atoms with van der Waals surface area (Å²) < 4.78 is 37.7. The van der Waals surface area contributed by atoms with E-state index in [2.05, 4.69) is 0 Å². The normalized spacial score (nSPS) is 26.4. The molecular weight excluding hydrogens is 235 g/mol. The lowest BCUT2D eigenvalue weighted by molar-refractivity contribution is -0.253. The number of alkyl halides is 3. The van der Waals surface area contributed by atoms with E-state index in [-0.39, 0.29) is 12.5 Å². The van der Waals surface area contributed by atoms with Crippen LogP contribution < -0.4 is 0 Å². The Kier molecular flexibility index (Phi) is 3.49. The predicted molar refractivity (Wildman–Crippen MR) is 56.3 cm³/mol. The largest absolute Gasteiger partial charge is 0.419 e. The van der Waals surface area contributed by atoms with Gasteiger partial charge in [0, 0.05) is 18.4 Å². The van der Waals surface area contributed by atoms with Gasteiger partial charge in [-0.2, -0.15) is 13.2 Å². The lowest BCUT2D eigenvalue weighted by atomic mass is 9.88. The molecule has 1 amide bonds. The van der Waals surface area contributed by atoms with Gasteiger partial charge in [-0.15, -0.1) is 0 Å². The Labute approximate surface area is 98.6 Å². The van der Waals surface area contributed by atoms with Crippen molar-refractivity contribution >= 4 is 5.91 Å². The van der Waals surface area contributed by atoms with Gasteiger partial charge in [-0.05, 0) is 6.42 Å². The Morgan fingerprint density at radius 2 is 1.94 bits per heavy atom. The summed E-state index contributed by atoms with van der Waals surface area (Å²) in [5.74, 6) is -0.333. The molecule has 17 heavy (non-hydrogen) atoms. The van der Waals surface area contributed by atoms with E-state index in [9.17, 15) is 23.1 Å². The Morgan fingerprint density at radius 3 is 2.29 bits per heavy atom. The Hall–Kier alpha value is -0.780. The van der Waals surface area contributed by atoms with Crippen molar-refractivity contribution in [2.24, 2.45) is 5.41 Å². The minimum Gasteiger partial charge on any atom is -0.379 e. The van der Waals surface area contributed by atoms with Crippen molar-refractivity contribution in [2.45, 2.75) is 45.4 Å². The number of aliphatic hydroxyl groups is 1. The quantitative estimate of drug-likeness (QED) is 0.817. The van der Waals surface area contributed by atoms with E-state index >= 15 is 0 Å². The van der Waals surface area contributed by atoms with Crippen LogP contribution in [0.3, 0.4) is 0 Å². The van der Waals surface area contributed by atoms with Gasteiger partial charge >= 0.3 is 6.18 Å². The standard InChI is InChI=1S/C11H18F3NO2/c1-4-9(2,3)8(16)15-6-5-10(17,7-15)11(12,13)14/h17H,4-7H2,1-3H3. The summed E-state index contributed by atoms with van der Waals surface area (Å²) in [4.78, 5) is 13.1. The number of carbonyl (C=O) groups is 1. The molecule has 1 fully saturated rings. The summed E-state index contributed by atoms with van der Waals surface area (Å²) in [6.07, 6.45) is -4.58. The molecule has 0 radical (unpaired) electrons. The maximum atomic E-state index is 12.6. The van der Waals surface area contributed by atoms with Crippen LogP contribution in [0.15, 0.2) is 0 Å². The summed E-state index contributed by atoms with van der Waals surface area (Å²) in [6.45, 7) is 4.50. The van der Waals surface area contributed by atoms with Crippen molar-refractivity contribution in [3.63, 3.8) is 0 Å². The summed E-state index contributed by atoms with van der Waals surface area (Å²) in [7, 11) is 0. The van der Waals surface area contributed by atoms with Gasteiger partial charge in [0.05, 0.1) is 6.54 Å². The average Bonchev–Trinajstić information content (AvgIpc) is 2.60. The zero-order valence-corrected chi connectivity index (χ0v) is 10.3. The highest BCUT2D eigenvalue weighted by molar-refractivity contribution is 5.82. The van der Waals surface area contributed by atoms with E-state index in [1.54, 1.807) is 13.8 Å². The van der Waals surface area contributed by atoms with Gasteiger partial charge in [0.2, 0.25) is 5.91 Å². The maximum Gasteiger partial charge on any atom is 0.419 e. The minimum atomic E-state index is -4.68. The Bertz CT molecular complexity index is 314. The number of nitrogens with zero attached hydrogens (tertiary/aromatic N) is 1. The molecule has 0 aromatic heterocycles. The number of β-amino-alcohol motifs (C(OH)–C–C–N with tert-alkyl or cyclic N) is 1. The number of hydrogen-bond acceptors (Lipinski definition) is 2. The van der Waals surface area contributed by atoms with Crippen LogP contribution in [0.4, 0.5) is 13.2 Å². The number of rotatable bonds is 2. The first-order valence-corrected chi connectivity index (χ1v) is 5.62. The molecule has 0 bridgehead atoms. The van der Waals surface area contributed by atoms with Crippen LogP contribution in [0.2, 0.25) is 0 Å². The smallest absolute Gasteiger partial charge is 0.379 e. The molecule has 0 aromatic rings. The van der Waals surface area contributed by atoms with Crippen molar-refractivity contribution in [3.8, 4) is 0 Å². The lowest BCUT2D eigenvalue weighted by Crippen LogP contribution is -2.49. The monoisotopic (exact) mass is 253 g/mol. The summed E-state index contributed by atoms with van der Waals surface area (Å²) in [6, 6.07) is 0. The fraction of sp³-hybridized carbons (Fsp3) is 0.909. The number of likely N-dealkylation sites (tertiary alicyclic amines) is 1. The third-order valence-electron chi connectivity index (χ3n) is 3.53. The van der Waals surface area contributed by atoms with Crippen molar-refractivity contribution in [2.75, 3.05) is 13.1 Å². The number of halogens is 3. The van der Waals surface area contributed by atoms with Gasteiger partial charge < -0.3 is 10.0 Å². The first-order valence-electron chi connectivity index (χ1n) is 5.62. The van der Waals surface area contributed by atoms with E-state index in [4.69, 9.17) is 0 Å². The van der Waals surface area contributed by atoms with E-state index in [1.807, 2.05) is 6.92 Å². The molecule has 0 aliphatic carbocycles. The molecule has 100 valence electrons. The molecule has 1 rings (SSSR count). The van der Waals surface area contributed by atoms with Crippen molar-refractivity contribution in [1.29, 1.82) is 0 Å². The van der Waals surface area contributed by atoms with Crippen LogP contribution in [0, 0.1) is 5.41 Å². The fourth-order valence-electron chi connectivity index (χ4n) is 1.78. The Balaban J connectivity index is 2.79. The van der Waals surface area contributed by atoms with Crippen molar-refractivity contribution < 1.29 is 23.1 Å². The predicted octanol–water partition coefficient (Wildman–Crippen LogP) is 1.95. The van der Waals surface area contributed by atoms with Gasteiger partial charge in [-0.25, -0.2) is 0 Å². The lowest BCUT2D eigenvalue weighted by Gasteiger charge is -2.30. The van der Waals surface area contributed by atoms with Crippen LogP contribution in [0.1, 0.15) is 33.6 Å². The maximum absolute atomic E-state index is 12.6. The van der Waals surface area contributed by atoms with E-state index < -0.39 is 30.2 Å². The average molecular weight is 253 g/mol. The molecule has 1 saturated heterocycles. The van der Waals surface area contributed by atoms with E-state index in [0.717, 1.165) is 4.90 Å². The molecule has 6 heteroatoms. The Morgan fingerprint density at radius 1 is 1.41 bits per heavy atom. The van der Waals surface area contributed by atoms with Crippen LogP contribution in [0.25, 0.3) is 0 Å². The molecular formula is C11H18F3NO2. The van der Waals surface area contributed by atoms with Gasteiger partial charge in [-0.1, -0.05) is 20.8 Å². The van der Waals surface area contributed by atoms with Crippen LogP contribution >= 0.6 is 0 Å². The molecule has 0 spiro atoms. The van der Waals surface area contributed by atoms with E-state index in [0.29, 0.717) is 6.42 Å². The molecule has 3 nitrogen and oxygen atoms in total.